The van der Waals surface area contributed by atoms with Gasteiger partial charge in [0, 0.05) is 12.1 Å². The Kier molecular flexibility index (Phi) is 6.97. The number of halogens is 1. The second kappa shape index (κ2) is 9.20. The number of nitrogens with one attached hydrogen (secondary N) is 1. The largest absolute Gasteiger partial charge is 0.495 e. The van der Waals surface area contributed by atoms with Gasteiger partial charge < -0.3 is 24.3 Å². The van der Waals surface area contributed by atoms with E-state index < -0.39 is 6.10 Å². The van der Waals surface area contributed by atoms with Crippen LogP contribution in [0.1, 0.15) is 13.3 Å². The van der Waals surface area contributed by atoms with Crippen LogP contribution in [0.3, 0.4) is 0 Å². The first-order chi connectivity index (χ1) is 12.5. The number of methoxy groups -OCH3 is 3. The van der Waals surface area contributed by atoms with Crippen LogP contribution < -0.4 is 24.3 Å². The van der Waals surface area contributed by atoms with Crippen molar-refractivity contribution in [2.75, 3.05) is 26.6 Å². The van der Waals surface area contributed by atoms with Gasteiger partial charge >= 0.3 is 0 Å². The zero-order valence-corrected chi connectivity index (χ0v) is 15.9. The molecule has 0 fully saturated rings. The lowest BCUT2D eigenvalue weighted by Gasteiger charge is -2.20. The smallest absolute Gasteiger partial charge is 0.265 e. The van der Waals surface area contributed by atoms with Crippen molar-refractivity contribution >= 4 is 23.2 Å². The molecule has 0 spiro atoms. The monoisotopic (exact) mass is 379 g/mol. The Bertz CT molecular complexity index is 766. The number of amides is 1. The van der Waals surface area contributed by atoms with Crippen molar-refractivity contribution < 1.29 is 23.7 Å². The van der Waals surface area contributed by atoms with Crippen LogP contribution in [0, 0.1) is 0 Å². The lowest BCUT2D eigenvalue weighted by Crippen LogP contribution is -2.32. The van der Waals surface area contributed by atoms with Crippen LogP contribution in [0.4, 0.5) is 5.69 Å². The molecule has 0 aromatic heterocycles. The molecule has 0 unspecified atom stereocenters. The number of benzene rings is 2. The van der Waals surface area contributed by atoms with E-state index in [1.807, 2.05) is 19.1 Å². The molecule has 0 aliphatic rings. The highest BCUT2D eigenvalue weighted by molar-refractivity contribution is 6.32. The molecule has 1 atom stereocenters. The molecule has 0 radical (unpaired) electrons. The van der Waals surface area contributed by atoms with Gasteiger partial charge in [0.1, 0.15) is 11.5 Å². The Labute approximate surface area is 158 Å². The molecule has 140 valence electrons. The summed E-state index contributed by atoms with van der Waals surface area (Å²) in [6.45, 7) is 1.86. The molecule has 0 saturated carbocycles. The van der Waals surface area contributed by atoms with Gasteiger partial charge in [0.15, 0.2) is 17.6 Å². The summed E-state index contributed by atoms with van der Waals surface area (Å²) < 4.78 is 21.6. The molecule has 7 heteroatoms. The van der Waals surface area contributed by atoms with Gasteiger partial charge in [0.25, 0.3) is 5.91 Å². The van der Waals surface area contributed by atoms with Crippen LogP contribution >= 0.6 is 11.6 Å². The maximum atomic E-state index is 12.7. The maximum absolute atomic E-state index is 12.7. The van der Waals surface area contributed by atoms with E-state index in [2.05, 4.69) is 5.32 Å². The van der Waals surface area contributed by atoms with E-state index in [9.17, 15) is 4.79 Å². The highest BCUT2D eigenvalue weighted by atomic mass is 35.5. The first kappa shape index (κ1) is 19.7. The Morgan fingerprint density at radius 3 is 2.19 bits per heavy atom. The van der Waals surface area contributed by atoms with Crippen LogP contribution in [0.2, 0.25) is 5.02 Å². The van der Waals surface area contributed by atoms with E-state index in [0.717, 1.165) is 0 Å². The van der Waals surface area contributed by atoms with Gasteiger partial charge in [-0.15, -0.1) is 0 Å². The third-order valence-electron chi connectivity index (χ3n) is 3.73. The van der Waals surface area contributed by atoms with Crippen molar-refractivity contribution in [1.82, 2.24) is 0 Å². The van der Waals surface area contributed by atoms with Crippen LogP contribution in [0.5, 0.6) is 23.0 Å². The maximum Gasteiger partial charge on any atom is 0.265 e. The number of hydrogen-bond acceptors (Lipinski definition) is 5. The zero-order chi connectivity index (χ0) is 19.1. The average molecular weight is 380 g/mol. The SMILES string of the molecule is CC[C@H](Oc1ccccc1OC)C(=O)Nc1cc(OC)c(Cl)cc1OC. The van der Waals surface area contributed by atoms with Crippen molar-refractivity contribution in [1.29, 1.82) is 0 Å². The summed E-state index contributed by atoms with van der Waals surface area (Å²) >= 11 is 6.09. The molecule has 26 heavy (non-hydrogen) atoms. The fourth-order valence-corrected chi connectivity index (χ4v) is 2.59. The van der Waals surface area contributed by atoms with E-state index in [1.165, 1.54) is 14.2 Å². The van der Waals surface area contributed by atoms with E-state index >= 15 is 0 Å². The van der Waals surface area contributed by atoms with Gasteiger partial charge in [-0.3, -0.25) is 4.79 Å². The standard InChI is InChI=1S/C19H22ClNO5/c1-5-14(26-16-9-7-6-8-15(16)23-2)19(22)21-13-11-17(24-3)12(20)10-18(13)25-4/h6-11,14H,5H2,1-4H3,(H,21,22)/t14-/m0/s1. The second-order valence-corrected chi connectivity index (χ2v) is 5.75. The Morgan fingerprint density at radius 1 is 1.00 bits per heavy atom. The molecular formula is C19H22ClNO5. The highest BCUT2D eigenvalue weighted by Crippen LogP contribution is 2.36. The minimum absolute atomic E-state index is 0.318. The van der Waals surface area contributed by atoms with Crippen LogP contribution in [0.25, 0.3) is 0 Å². The predicted molar refractivity (Wildman–Crippen MR) is 101 cm³/mol. The van der Waals surface area contributed by atoms with Crippen molar-refractivity contribution in [2.45, 2.75) is 19.4 Å². The number of hydrogen-bond donors (Lipinski definition) is 1. The molecule has 0 aliphatic heterocycles. The van der Waals surface area contributed by atoms with Gasteiger partial charge in [-0.25, -0.2) is 0 Å². The van der Waals surface area contributed by atoms with E-state index in [-0.39, 0.29) is 5.91 Å². The molecule has 0 saturated heterocycles. The van der Waals surface area contributed by atoms with E-state index in [0.29, 0.717) is 40.1 Å². The number of rotatable bonds is 8. The first-order valence-electron chi connectivity index (χ1n) is 8.06. The number of anilines is 1. The number of carbonyl (C=O) groups excluding carboxylic acids is 1. The molecule has 1 N–H and O–H groups in total. The summed E-state index contributed by atoms with van der Waals surface area (Å²) in [5, 5.41) is 3.19. The quantitative estimate of drug-likeness (QED) is 0.745. The topological polar surface area (TPSA) is 66.0 Å². The molecule has 2 aromatic rings. The molecule has 6 nitrogen and oxygen atoms in total. The summed E-state index contributed by atoms with van der Waals surface area (Å²) in [6.07, 6.45) is -0.241. The molecule has 0 heterocycles. The normalized spacial score (nSPS) is 11.4. The van der Waals surface area contributed by atoms with Crippen molar-refractivity contribution in [3.63, 3.8) is 0 Å². The summed E-state index contributed by atoms with van der Waals surface area (Å²) in [4.78, 5) is 12.7. The summed E-state index contributed by atoms with van der Waals surface area (Å²) in [7, 11) is 4.55. The average Bonchev–Trinajstić information content (AvgIpc) is 2.67. The summed E-state index contributed by atoms with van der Waals surface area (Å²) in [5.74, 6) is 1.60. The van der Waals surface area contributed by atoms with Gasteiger partial charge in [-0.1, -0.05) is 30.7 Å². The third-order valence-corrected chi connectivity index (χ3v) is 4.03. The predicted octanol–water partition coefficient (Wildman–Crippen LogP) is 4.16. The number of para-hydroxylation sites is 2. The fraction of sp³-hybridized carbons (Fsp3) is 0.316. The molecule has 0 bridgehead atoms. The molecule has 1 amide bonds. The van der Waals surface area contributed by atoms with Crippen LogP contribution in [-0.4, -0.2) is 33.3 Å². The molecular weight excluding hydrogens is 358 g/mol. The Hall–Kier alpha value is -2.60. The van der Waals surface area contributed by atoms with E-state index in [4.69, 9.17) is 30.5 Å². The Balaban J connectivity index is 2.21. The van der Waals surface area contributed by atoms with Gasteiger partial charge in [0.05, 0.1) is 32.0 Å². The molecule has 2 aromatic carbocycles. The second-order valence-electron chi connectivity index (χ2n) is 5.34. The zero-order valence-electron chi connectivity index (χ0n) is 15.2. The Morgan fingerprint density at radius 2 is 1.62 bits per heavy atom. The van der Waals surface area contributed by atoms with Gasteiger partial charge in [-0.05, 0) is 18.6 Å². The molecule has 2 rings (SSSR count). The lowest BCUT2D eigenvalue weighted by molar-refractivity contribution is -0.122. The van der Waals surface area contributed by atoms with Gasteiger partial charge in [-0.2, -0.15) is 0 Å². The number of ether oxygens (including phenoxy) is 4. The minimum atomic E-state index is -0.710. The lowest BCUT2D eigenvalue weighted by atomic mass is 10.2. The van der Waals surface area contributed by atoms with Crippen LogP contribution in [-0.2, 0) is 4.79 Å². The third kappa shape index (κ3) is 4.52. The summed E-state index contributed by atoms with van der Waals surface area (Å²) in [5.41, 5.74) is 0.445. The van der Waals surface area contributed by atoms with Crippen LogP contribution in [0.15, 0.2) is 36.4 Å². The molecule has 0 aliphatic carbocycles. The first-order valence-corrected chi connectivity index (χ1v) is 8.43. The number of carbonyl (C=O) groups is 1. The van der Waals surface area contributed by atoms with Gasteiger partial charge in [0.2, 0.25) is 0 Å². The summed E-state index contributed by atoms with van der Waals surface area (Å²) in [6, 6.07) is 10.4. The van der Waals surface area contributed by atoms with E-state index in [1.54, 1.807) is 31.4 Å². The highest BCUT2D eigenvalue weighted by Gasteiger charge is 2.22. The fourth-order valence-electron chi connectivity index (χ4n) is 2.36. The van der Waals surface area contributed by atoms with Crippen molar-refractivity contribution in [2.24, 2.45) is 0 Å². The van der Waals surface area contributed by atoms with Crippen molar-refractivity contribution in [3.8, 4) is 23.0 Å². The minimum Gasteiger partial charge on any atom is -0.495 e. The van der Waals surface area contributed by atoms with Crippen molar-refractivity contribution in [3.05, 3.63) is 41.4 Å².